The number of para-hydroxylation sites is 1. The van der Waals surface area contributed by atoms with Crippen molar-refractivity contribution in [1.82, 2.24) is 0 Å². The molecule has 2 aliphatic rings. The Morgan fingerprint density at radius 1 is 1.33 bits per heavy atom. The maximum absolute atomic E-state index is 5.69. The van der Waals surface area contributed by atoms with Gasteiger partial charge in [-0.25, -0.2) is 0 Å². The van der Waals surface area contributed by atoms with Gasteiger partial charge in [0.1, 0.15) is 12.4 Å². The number of hydrogen-bond donors (Lipinski definition) is 0. The van der Waals surface area contributed by atoms with Crippen molar-refractivity contribution in [3.63, 3.8) is 0 Å². The Bertz CT molecular complexity index is 522. The largest absolute Gasteiger partial charge is 0.489 e. The molecule has 1 aromatic rings. The summed E-state index contributed by atoms with van der Waals surface area (Å²) in [5, 5.41) is 0. The van der Waals surface area contributed by atoms with E-state index in [-0.39, 0.29) is 0 Å². The van der Waals surface area contributed by atoms with Crippen LogP contribution in [0.3, 0.4) is 0 Å². The second kappa shape index (κ2) is 4.83. The highest BCUT2D eigenvalue weighted by molar-refractivity contribution is 5.87. The molecule has 1 atom stereocenters. The van der Waals surface area contributed by atoms with E-state index in [9.17, 15) is 0 Å². The predicted molar refractivity (Wildman–Crippen MR) is 72.6 cm³/mol. The molecule has 1 aliphatic carbocycles. The third kappa shape index (κ3) is 2.24. The van der Waals surface area contributed by atoms with E-state index < -0.39 is 0 Å². The SMILES string of the molecule is C=CCOc1ccccc1C1=C(CC2CO2)C=C1. The minimum atomic E-state index is 0.432. The molecule has 1 fully saturated rings. The molecule has 3 rings (SSSR count). The standard InChI is InChI=1S/C16H16O2/c1-2-9-17-16-6-4-3-5-15(16)14-8-7-12(14)10-13-11-18-13/h2-8,13H,1,9-11H2. The van der Waals surface area contributed by atoms with Crippen molar-refractivity contribution in [3.8, 4) is 5.75 Å². The van der Waals surface area contributed by atoms with Gasteiger partial charge >= 0.3 is 0 Å². The lowest BCUT2D eigenvalue weighted by atomic mass is 9.88. The fraction of sp³-hybridized carbons (Fsp3) is 0.250. The highest BCUT2D eigenvalue weighted by Crippen LogP contribution is 2.38. The first-order chi connectivity index (χ1) is 8.88. The third-order valence-corrected chi connectivity index (χ3v) is 3.18. The van der Waals surface area contributed by atoms with Crippen molar-refractivity contribution in [3.05, 3.63) is 60.2 Å². The molecule has 18 heavy (non-hydrogen) atoms. The fourth-order valence-electron chi connectivity index (χ4n) is 2.12. The summed E-state index contributed by atoms with van der Waals surface area (Å²) >= 11 is 0. The van der Waals surface area contributed by atoms with E-state index >= 15 is 0 Å². The Balaban J connectivity index is 1.84. The van der Waals surface area contributed by atoms with Crippen LogP contribution in [-0.2, 0) is 4.74 Å². The van der Waals surface area contributed by atoms with E-state index in [1.54, 1.807) is 6.08 Å². The van der Waals surface area contributed by atoms with Crippen molar-refractivity contribution >= 4 is 5.57 Å². The van der Waals surface area contributed by atoms with Crippen molar-refractivity contribution < 1.29 is 9.47 Å². The van der Waals surface area contributed by atoms with Crippen molar-refractivity contribution in [2.75, 3.05) is 13.2 Å². The average Bonchev–Trinajstić information content (AvgIpc) is 3.18. The molecule has 0 spiro atoms. The van der Waals surface area contributed by atoms with Crippen LogP contribution in [0.25, 0.3) is 5.57 Å². The van der Waals surface area contributed by atoms with Gasteiger partial charge in [-0.3, -0.25) is 0 Å². The zero-order chi connectivity index (χ0) is 12.4. The first-order valence-corrected chi connectivity index (χ1v) is 6.24. The topological polar surface area (TPSA) is 21.8 Å². The first kappa shape index (κ1) is 11.3. The Labute approximate surface area is 107 Å². The summed E-state index contributed by atoms with van der Waals surface area (Å²) in [4.78, 5) is 0. The van der Waals surface area contributed by atoms with Gasteiger partial charge in [0.15, 0.2) is 0 Å². The van der Waals surface area contributed by atoms with Crippen LogP contribution in [-0.4, -0.2) is 19.3 Å². The lowest BCUT2D eigenvalue weighted by Gasteiger charge is -2.19. The van der Waals surface area contributed by atoms with E-state index in [0.29, 0.717) is 12.7 Å². The third-order valence-electron chi connectivity index (χ3n) is 3.18. The summed E-state index contributed by atoms with van der Waals surface area (Å²) < 4.78 is 11.0. The zero-order valence-corrected chi connectivity index (χ0v) is 10.3. The highest BCUT2D eigenvalue weighted by Gasteiger charge is 2.26. The van der Waals surface area contributed by atoms with E-state index in [1.807, 2.05) is 18.2 Å². The summed E-state index contributed by atoms with van der Waals surface area (Å²) in [5.74, 6) is 0.922. The van der Waals surface area contributed by atoms with E-state index in [1.165, 1.54) is 11.1 Å². The van der Waals surface area contributed by atoms with Crippen molar-refractivity contribution in [2.45, 2.75) is 12.5 Å². The molecule has 2 heteroatoms. The van der Waals surface area contributed by atoms with Crippen molar-refractivity contribution in [2.24, 2.45) is 0 Å². The molecule has 2 nitrogen and oxygen atoms in total. The number of rotatable bonds is 6. The van der Waals surface area contributed by atoms with Gasteiger partial charge in [0.25, 0.3) is 0 Å². The van der Waals surface area contributed by atoms with Gasteiger partial charge in [-0.1, -0.05) is 43.0 Å². The number of hydrogen-bond acceptors (Lipinski definition) is 2. The predicted octanol–water partition coefficient (Wildman–Crippen LogP) is 3.36. The number of epoxide rings is 1. The van der Waals surface area contributed by atoms with E-state index in [2.05, 4.69) is 24.8 Å². The van der Waals surface area contributed by atoms with Gasteiger partial charge in [0.05, 0.1) is 12.7 Å². The molecule has 1 unspecified atom stereocenters. The summed E-state index contributed by atoms with van der Waals surface area (Å²) in [6, 6.07) is 8.14. The first-order valence-electron chi connectivity index (χ1n) is 6.24. The number of benzene rings is 1. The minimum absolute atomic E-state index is 0.432. The average molecular weight is 240 g/mol. The molecule has 1 aromatic carbocycles. The van der Waals surface area contributed by atoms with Crippen LogP contribution in [0.2, 0.25) is 0 Å². The van der Waals surface area contributed by atoms with Gasteiger partial charge in [-0.2, -0.15) is 0 Å². The quantitative estimate of drug-likeness (QED) is 0.561. The monoisotopic (exact) mass is 240 g/mol. The smallest absolute Gasteiger partial charge is 0.127 e. The van der Waals surface area contributed by atoms with E-state index in [4.69, 9.17) is 9.47 Å². The summed E-state index contributed by atoms with van der Waals surface area (Å²) in [6.45, 7) is 5.12. The molecule has 0 N–H and O–H groups in total. The number of ether oxygens (including phenoxy) is 2. The molecule has 1 heterocycles. The molecule has 92 valence electrons. The Kier molecular flexibility index (Phi) is 3.03. The molecule has 1 saturated heterocycles. The molecule has 0 saturated carbocycles. The van der Waals surface area contributed by atoms with Gasteiger partial charge < -0.3 is 9.47 Å². The summed E-state index contributed by atoms with van der Waals surface area (Å²) in [7, 11) is 0. The van der Waals surface area contributed by atoms with Crippen LogP contribution in [0.15, 0.2) is 54.6 Å². The summed E-state index contributed by atoms with van der Waals surface area (Å²) in [6.07, 6.45) is 7.53. The Morgan fingerprint density at radius 3 is 2.83 bits per heavy atom. The number of allylic oxidation sites excluding steroid dienone is 3. The molecule has 0 aromatic heterocycles. The lowest BCUT2D eigenvalue weighted by Crippen LogP contribution is -2.02. The van der Waals surface area contributed by atoms with Gasteiger partial charge in [0.2, 0.25) is 0 Å². The van der Waals surface area contributed by atoms with Crippen LogP contribution in [0.5, 0.6) is 5.75 Å². The molecule has 0 radical (unpaired) electrons. The maximum atomic E-state index is 5.69. The molecular formula is C16H16O2. The zero-order valence-electron chi connectivity index (χ0n) is 10.3. The Hall–Kier alpha value is -1.80. The van der Waals surface area contributed by atoms with Crippen LogP contribution in [0.4, 0.5) is 0 Å². The second-order valence-corrected chi connectivity index (χ2v) is 4.53. The van der Waals surface area contributed by atoms with Crippen LogP contribution in [0, 0.1) is 0 Å². The molecular weight excluding hydrogens is 224 g/mol. The Morgan fingerprint density at radius 2 is 2.17 bits per heavy atom. The second-order valence-electron chi connectivity index (χ2n) is 4.53. The van der Waals surface area contributed by atoms with Crippen molar-refractivity contribution in [1.29, 1.82) is 0 Å². The van der Waals surface area contributed by atoms with Gasteiger partial charge in [-0.05, 0) is 17.2 Å². The van der Waals surface area contributed by atoms with Gasteiger partial charge in [-0.15, -0.1) is 0 Å². The molecule has 0 amide bonds. The molecule has 1 aliphatic heterocycles. The van der Waals surface area contributed by atoms with Crippen LogP contribution >= 0.6 is 0 Å². The van der Waals surface area contributed by atoms with E-state index in [0.717, 1.165) is 24.3 Å². The molecule has 0 bridgehead atoms. The maximum Gasteiger partial charge on any atom is 0.127 e. The normalized spacial score (nSPS) is 20.6. The minimum Gasteiger partial charge on any atom is -0.489 e. The lowest BCUT2D eigenvalue weighted by molar-refractivity contribution is 0.362. The highest BCUT2D eigenvalue weighted by atomic mass is 16.6. The van der Waals surface area contributed by atoms with Crippen LogP contribution in [0.1, 0.15) is 12.0 Å². The van der Waals surface area contributed by atoms with Gasteiger partial charge in [0, 0.05) is 12.0 Å². The van der Waals surface area contributed by atoms with Crippen LogP contribution < -0.4 is 4.74 Å². The summed E-state index contributed by atoms with van der Waals surface area (Å²) in [5.41, 5.74) is 3.81. The fourth-order valence-corrected chi connectivity index (χ4v) is 2.12.